The van der Waals surface area contributed by atoms with E-state index in [0.717, 1.165) is 0 Å². The number of halogens is 3. The van der Waals surface area contributed by atoms with Gasteiger partial charge in [-0.2, -0.15) is 0 Å². The monoisotopic (exact) mass is 246 g/mol. The van der Waals surface area contributed by atoms with E-state index in [0.29, 0.717) is 0 Å². The van der Waals surface area contributed by atoms with E-state index in [4.69, 9.17) is 0 Å². The largest absolute Gasteiger partial charge is 1.00 e. The first-order valence-corrected chi connectivity index (χ1v) is 3.58. The molecule has 0 atom stereocenters. The van der Waals surface area contributed by atoms with E-state index in [9.17, 15) is 0 Å². The summed E-state index contributed by atoms with van der Waals surface area (Å²) in [7, 11) is 0. The second-order valence-electron chi connectivity index (χ2n) is 2.25. The summed E-state index contributed by atoms with van der Waals surface area (Å²) in [5, 5.41) is 0. The number of allylic oxidation sites excluding steroid dienone is 4. The molecule has 0 amide bonds. The van der Waals surface area contributed by atoms with Crippen LogP contribution in [0.2, 0.25) is 0 Å². The van der Waals surface area contributed by atoms with Crippen LogP contribution in [-0.4, -0.2) is 0 Å². The van der Waals surface area contributed by atoms with Gasteiger partial charge in [-0.3, -0.25) is 0 Å². The summed E-state index contributed by atoms with van der Waals surface area (Å²) in [6.07, 6.45) is 3.46. The molecule has 0 N–H and O–H groups in total. The first-order chi connectivity index (χ1) is 3.72. The molecule has 0 saturated carbocycles. The van der Waals surface area contributed by atoms with Crippen molar-refractivity contribution in [2.45, 2.75) is 20.3 Å². The Bertz CT molecular complexity index is 167. The Morgan fingerprint density at radius 3 is 1.73 bits per heavy atom. The molecule has 0 aromatic heterocycles. The predicted molar refractivity (Wildman–Crippen MR) is 31.1 cm³/mol. The van der Waals surface area contributed by atoms with Crippen molar-refractivity contribution in [2.24, 2.45) is 0 Å². The van der Waals surface area contributed by atoms with Gasteiger partial charge in [0.15, 0.2) is 0 Å². The van der Waals surface area contributed by atoms with Crippen molar-refractivity contribution < 1.29 is 57.7 Å². The average molecular weight is 247 g/mol. The van der Waals surface area contributed by atoms with Gasteiger partial charge in [-0.1, -0.05) is 0 Å². The molecule has 1 rings (SSSR count). The van der Waals surface area contributed by atoms with Crippen LogP contribution in [0.4, 0.5) is 0 Å². The molecule has 62 valence electrons. The third-order valence-electron chi connectivity index (χ3n) is 1.54. The van der Waals surface area contributed by atoms with Crippen molar-refractivity contribution in [3.05, 3.63) is 21.1 Å². The topological polar surface area (TPSA) is 0 Å². The molecule has 0 unspecified atom stereocenters. The van der Waals surface area contributed by atoms with Crippen LogP contribution in [0.3, 0.4) is 0 Å². The average Bonchev–Trinajstić information content (AvgIpc) is 1.98. The molecule has 0 nitrogen and oxygen atoms in total. The standard InChI is InChI=1S/C7H9.3ClH.Ti/c1-6-3-4-7(2)5-6;;;;/h3H,4H2,1-2H3;3*1H;/q;;;;+3/p-3. The Hall–Kier alpha value is 1.06. The Labute approximate surface area is 98.5 Å². The van der Waals surface area contributed by atoms with Crippen LogP contribution in [0, 0.1) is 0 Å². The molecule has 4 heteroatoms. The summed E-state index contributed by atoms with van der Waals surface area (Å²) < 4.78 is 1.49. The van der Waals surface area contributed by atoms with Gasteiger partial charge in [-0.05, 0) is 0 Å². The fourth-order valence-corrected chi connectivity index (χ4v) is 1.17. The summed E-state index contributed by atoms with van der Waals surface area (Å²) in [4.78, 5) is 0. The number of hydrogen-bond donors (Lipinski definition) is 0. The first kappa shape index (κ1) is 18.0. The van der Waals surface area contributed by atoms with E-state index in [2.05, 4.69) is 40.4 Å². The van der Waals surface area contributed by atoms with E-state index < -0.39 is 0 Å². The van der Waals surface area contributed by atoms with E-state index in [1.807, 2.05) is 0 Å². The van der Waals surface area contributed by atoms with Crippen LogP contribution < -0.4 is 37.2 Å². The van der Waals surface area contributed by atoms with Crippen LogP contribution in [0.15, 0.2) is 21.1 Å². The summed E-state index contributed by atoms with van der Waals surface area (Å²) in [5.41, 5.74) is 2.99. The molecule has 1 aliphatic carbocycles. The molecule has 0 aromatic rings. The molecule has 0 spiro atoms. The Kier molecular flexibility index (Phi) is 12.6. The zero-order valence-electron chi connectivity index (χ0n) is 6.42. The second kappa shape index (κ2) is 7.70. The van der Waals surface area contributed by atoms with Gasteiger partial charge in [-0.15, -0.1) is 0 Å². The van der Waals surface area contributed by atoms with Crippen LogP contribution in [0.1, 0.15) is 20.3 Å². The summed E-state index contributed by atoms with van der Waals surface area (Å²) in [5.74, 6) is 0. The zero-order chi connectivity index (χ0) is 6.15. The number of hydrogen-bond acceptors (Lipinski definition) is 0. The third kappa shape index (κ3) is 4.60. The maximum absolute atomic E-state index is 2.28. The normalized spacial score (nSPS) is 14.4. The Balaban J connectivity index is -0.000000213. The summed E-state index contributed by atoms with van der Waals surface area (Å²) in [6.45, 7) is 4.37. The summed E-state index contributed by atoms with van der Waals surface area (Å²) in [6, 6.07) is 0. The molecule has 0 aromatic carbocycles. The summed E-state index contributed by atoms with van der Waals surface area (Å²) >= 11 is 2.19. The molecule has 0 heterocycles. The molecule has 1 aliphatic rings. The first-order valence-electron chi connectivity index (χ1n) is 2.80. The maximum atomic E-state index is 2.28. The maximum Gasteiger partial charge on any atom is -1.00 e. The van der Waals surface area contributed by atoms with Crippen molar-refractivity contribution in [3.8, 4) is 0 Å². The van der Waals surface area contributed by atoms with Gasteiger partial charge in [0.25, 0.3) is 0 Å². The van der Waals surface area contributed by atoms with Gasteiger partial charge in [-0.25, -0.2) is 0 Å². The van der Waals surface area contributed by atoms with E-state index in [-0.39, 0.29) is 37.2 Å². The van der Waals surface area contributed by atoms with Crippen molar-refractivity contribution >= 4 is 0 Å². The zero-order valence-corrected chi connectivity index (χ0v) is 10.2. The molecule has 0 aliphatic heterocycles. The van der Waals surface area contributed by atoms with Gasteiger partial charge in [0.1, 0.15) is 0 Å². The minimum absolute atomic E-state index is 0. The van der Waals surface area contributed by atoms with Crippen LogP contribution in [0.25, 0.3) is 0 Å². The van der Waals surface area contributed by atoms with Crippen molar-refractivity contribution in [1.29, 1.82) is 0 Å². The van der Waals surface area contributed by atoms with E-state index in [1.54, 1.807) is 0 Å². The fraction of sp³-hybridized carbons (Fsp3) is 0.429. The van der Waals surface area contributed by atoms with E-state index in [1.165, 1.54) is 21.4 Å². The molecule has 0 saturated heterocycles. The molecule has 0 fully saturated rings. The molecule has 0 radical (unpaired) electrons. The SMILES string of the molecule is CC1=CCC(C)=[C]1[Ti+3].[Cl-].[Cl-].[Cl-]. The number of rotatable bonds is 0. The van der Waals surface area contributed by atoms with Gasteiger partial charge >= 0.3 is 61.8 Å². The second-order valence-corrected chi connectivity index (χ2v) is 3.03. The predicted octanol–water partition coefficient (Wildman–Crippen LogP) is -6.83. The van der Waals surface area contributed by atoms with Crippen LogP contribution in [0.5, 0.6) is 0 Å². The fourth-order valence-electron chi connectivity index (χ4n) is 0.847. The van der Waals surface area contributed by atoms with Gasteiger partial charge in [0.2, 0.25) is 0 Å². The van der Waals surface area contributed by atoms with Crippen LogP contribution in [-0.2, 0) is 20.4 Å². The molecule has 0 bridgehead atoms. The quantitative estimate of drug-likeness (QED) is 0.373. The third-order valence-corrected chi connectivity index (χ3v) is 2.82. The van der Waals surface area contributed by atoms with Gasteiger partial charge in [0, 0.05) is 0 Å². The molecular formula is C7H9Cl3Ti. The van der Waals surface area contributed by atoms with Crippen molar-refractivity contribution in [1.82, 2.24) is 0 Å². The Morgan fingerprint density at radius 2 is 1.64 bits per heavy atom. The molecular weight excluding hydrogens is 238 g/mol. The minimum atomic E-state index is 0. The van der Waals surface area contributed by atoms with Crippen molar-refractivity contribution in [3.63, 3.8) is 0 Å². The van der Waals surface area contributed by atoms with Gasteiger partial charge < -0.3 is 37.2 Å². The van der Waals surface area contributed by atoms with Crippen molar-refractivity contribution in [2.75, 3.05) is 0 Å². The minimum Gasteiger partial charge on any atom is -1.00 e. The molecule has 11 heavy (non-hydrogen) atoms. The van der Waals surface area contributed by atoms with Crippen LogP contribution >= 0.6 is 0 Å². The van der Waals surface area contributed by atoms with Gasteiger partial charge in [0.05, 0.1) is 0 Å². The van der Waals surface area contributed by atoms with E-state index >= 15 is 0 Å². The Morgan fingerprint density at radius 1 is 1.18 bits per heavy atom. The smallest absolute Gasteiger partial charge is 1.00 e.